The highest BCUT2D eigenvalue weighted by molar-refractivity contribution is 7.47. The molecule has 0 bridgehead atoms. The molecule has 0 saturated heterocycles. The SMILES string of the molecule is CC/C=C\C/C=C\C/C=C\CCCCCC(=O)OC(COC(=O)CC)COP(=O)(O)OCCN. The average Bonchev–Trinajstić information content (AvgIpc) is 2.82. The standard InChI is InChI=1S/C24H42NO8P/c1-3-5-6-7-8-9-10-11-12-13-14-15-16-17-24(27)33-22(20-30-23(26)4-2)21-32-34(28,29)31-19-18-25/h5-6,8-9,11-12,22H,3-4,7,10,13-21,25H2,1-2H3,(H,28,29)/b6-5-,9-8-,12-11-. The fraction of sp³-hybridized carbons (Fsp3) is 0.667. The molecule has 0 aliphatic rings. The maximum Gasteiger partial charge on any atom is 0.472 e. The first-order chi connectivity index (χ1) is 16.3. The second-order valence-corrected chi connectivity index (χ2v) is 8.88. The number of allylic oxidation sites excluding steroid dienone is 6. The topological polar surface area (TPSA) is 134 Å². The van der Waals surface area contributed by atoms with Crippen LogP contribution in [0.4, 0.5) is 0 Å². The number of carbonyl (C=O) groups is 2. The number of phosphoric ester groups is 1. The van der Waals surface area contributed by atoms with Crippen molar-refractivity contribution in [3.63, 3.8) is 0 Å². The zero-order chi connectivity index (χ0) is 25.5. The minimum atomic E-state index is -4.34. The number of esters is 2. The predicted molar refractivity (Wildman–Crippen MR) is 132 cm³/mol. The Morgan fingerprint density at radius 1 is 0.912 bits per heavy atom. The third kappa shape index (κ3) is 20.8. The molecule has 2 atom stereocenters. The highest BCUT2D eigenvalue weighted by Gasteiger charge is 2.25. The number of phosphoric acid groups is 1. The van der Waals surface area contributed by atoms with Gasteiger partial charge in [0.05, 0.1) is 13.2 Å². The van der Waals surface area contributed by atoms with Crippen molar-refractivity contribution >= 4 is 19.8 Å². The summed E-state index contributed by atoms with van der Waals surface area (Å²) in [5, 5.41) is 0. The Morgan fingerprint density at radius 2 is 1.59 bits per heavy atom. The molecule has 0 aromatic heterocycles. The average molecular weight is 504 g/mol. The number of ether oxygens (including phenoxy) is 2. The van der Waals surface area contributed by atoms with Gasteiger partial charge in [0.25, 0.3) is 0 Å². The van der Waals surface area contributed by atoms with Crippen LogP contribution in [0.25, 0.3) is 0 Å². The minimum Gasteiger partial charge on any atom is -0.462 e. The first-order valence-electron chi connectivity index (χ1n) is 12.0. The van der Waals surface area contributed by atoms with Crippen LogP contribution < -0.4 is 5.73 Å². The number of unbranched alkanes of at least 4 members (excludes halogenated alkanes) is 3. The van der Waals surface area contributed by atoms with Gasteiger partial charge in [-0.1, -0.05) is 56.7 Å². The highest BCUT2D eigenvalue weighted by atomic mass is 31.2. The molecule has 0 amide bonds. The van der Waals surface area contributed by atoms with Crippen LogP contribution in [0, 0.1) is 0 Å². The van der Waals surface area contributed by atoms with Crippen molar-refractivity contribution < 1.29 is 37.6 Å². The number of rotatable bonds is 21. The summed E-state index contributed by atoms with van der Waals surface area (Å²) in [6.07, 6.45) is 18.5. The van der Waals surface area contributed by atoms with Crippen LogP contribution in [0.15, 0.2) is 36.5 Å². The van der Waals surface area contributed by atoms with Crippen molar-refractivity contribution in [3.05, 3.63) is 36.5 Å². The Balaban J connectivity index is 4.20. The monoisotopic (exact) mass is 503 g/mol. The van der Waals surface area contributed by atoms with E-state index in [0.717, 1.165) is 38.5 Å². The summed E-state index contributed by atoms with van der Waals surface area (Å²) < 4.78 is 31.5. The van der Waals surface area contributed by atoms with Gasteiger partial charge in [0.15, 0.2) is 6.10 Å². The van der Waals surface area contributed by atoms with E-state index in [-0.39, 0.29) is 32.6 Å². The molecule has 0 aromatic carbocycles. The summed E-state index contributed by atoms with van der Waals surface area (Å²) in [7, 11) is -4.34. The lowest BCUT2D eigenvalue weighted by molar-refractivity contribution is -0.161. The van der Waals surface area contributed by atoms with E-state index in [1.165, 1.54) is 0 Å². The van der Waals surface area contributed by atoms with Gasteiger partial charge in [-0.3, -0.25) is 18.6 Å². The van der Waals surface area contributed by atoms with Gasteiger partial charge in [-0.25, -0.2) is 4.57 Å². The van der Waals surface area contributed by atoms with E-state index in [1.807, 2.05) is 0 Å². The molecular formula is C24H42NO8P. The van der Waals surface area contributed by atoms with Gasteiger partial charge in [0.1, 0.15) is 6.61 Å². The Kier molecular flexibility index (Phi) is 20.6. The van der Waals surface area contributed by atoms with Gasteiger partial charge in [-0.05, 0) is 38.5 Å². The van der Waals surface area contributed by atoms with Crippen LogP contribution in [-0.4, -0.2) is 49.3 Å². The summed E-state index contributed by atoms with van der Waals surface area (Å²) in [5.74, 6) is -0.973. The van der Waals surface area contributed by atoms with Crippen LogP contribution in [0.2, 0.25) is 0 Å². The maximum atomic E-state index is 12.1. The summed E-state index contributed by atoms with van der Waals surface area (Å²) >= 11 is 0. The number of carbonyl (C=O) groups excluding carboxylic acids is 2. The number of hydrogen-bond acceptors (Lipinski definition) is 8. The molecule has 0 spiro atoms. The molecule has 0 saturated carbocycles. The molecule has 10 heteroatoms. The lowest BCUT2D eigenvalue weighted by Gasteiger charge is -2.19. The third-order valence-corrected chi connectivity index (χ3v) is 5.33. The molecule has 0 heterocycles. The van der Waals surface area contributed by atoms with Gasteiger partial charge >= 0.3 is 19.8 Å². The highest BCUT2D eigenvalue weighted by Crippen LogP contribution is 2.43. The largest absolute Gasteiger partial charge is 0.472 e. The Labute approximate surface area is 204 Å². The second kappa shape index (κ2) is 21.7. The van der Waals surface area contributed by atoms with Crippen LogP contribution in [0.1, 0.15) is 71.6 Å². The molecule has 0 aliphatic carbocycles. The van der Waals surface area contributed by atoms with Crippen LogP contribution in [0.5, 0.6) is 0 Å². The fourth-order valence-electron chi connectivity index (χ4n) is 2.57. The lowest BCUT2D eigenvalue weighted by Crippen LogP contribution is -2.29. The van der Waals surface area contributed by atoms with Crippen molar-refractivity contribution in [2.24, 2.45) is 5.73 Å². The number of hydrogen-bond donors (Lipinski definition) is 2. The normalized spacial score (nSPS) is 14.6. The molecule has 9 nitrogen and oxygen atoms in total. The van der Waals surface area contributed by atoms with Crippen LogP contribution in [0.3, 0.4) is 0 Å². The third-order valence-electron chi connectivity index (χ3n) is 4.34. The predicted octanol–water partition coefficient (Wildman–Crippen LogP) is 4.75. The van der Waals surface area contributed by atoms with Gasteiger partial charge in [-0.15, -0.1) is 0 Å². The van der Waals surface area contributed by atoms with Crippen LogP contribution in [-0.2, 0) is 32.7 Å². The Bertz CT molecular complexity index is 678. The molecule has 196 valence electrons. The molecule has 0 radical (unpaired) electrons. The van der Waals surface area contributed by atoms with Gasteiger partial charge in [0.2, 0.25) is 0 Å². The molecule has 3 N–H and O–H groups in total. The van der Waals surface area contributed by atoms with Crippen molar-refractivity contribution in [1.29, 1.82) is 0 Å². The van der Waals surface area contributed by atoms with Gasteiger partial charge in [-0.2, -0.15) is 0 Å². The molecule has 0 fully saturated rings. The van der Waals surface area contributed by atoms with E-state index < -0.39 is 32.5 Å². The molecule has 0 aromatic rings. The summed E-state index contributed by atoms with van der Waals surface area (Å²) in [4.78, 5) is 33.1. The smallest absolute Gasteiger partial charge is 0.462 e. The van der Waals surface area contributed by atoms with Crippen LogP contribution >= 0.6 is 7.82 Å². The first kappa shape index (κ1) is 32.2. The number of nitrogens with two attached hydrogens (primary N) is 1. The second-order valence-electron chi connectivity index (χ2n) is 7.43. The zero-order valence-electron chi connectivity index (χ0n) is 20.6. The molecule has 0 rings (SSSR count). The van der Waals surface area contributed by atoms with E-state index in [4.69, 9.17) is 19.7 Å². The van der Waals surface area contributed by atoms with E-state index in [9.17, 15) is 19.0 Å². The Hall–Kier alpha value is -1.77. The quantitative estimate of drug-likeness (QED) is 0.0984. The molecular weight excluding hydrogens is 461 g/mol. The molecule has 0 aliphatic heterocycles. The first-order valence-corrected chi connectivity index (χ1v) is 13.5. The van der Waals surface area contributed by atoms with E-state index in [2.05, 4.69) is 47.9 Å². The summed E-state index contributed by atoms with van der Waals surface area (Å²) in [5.41, 5.74) is 5.23. The Morgan fingerprint density at radius 3 is 2.24 bits per heavy atom. The molecule has 34 heavy (non-hydrogen) atoms. The summed E-state index contributed by atoms with van der Waals surface area (Å²) in [6.45, 7) is 2.90. The zero-order valence-corrected chi connectivity index (χ0v) is 21.5. The van der Waals surface area contributed by atoms with Crippen molar-refractivity contribution in [3.8, 4) is 0 Å². The van der Waals surface area contributed by atoms with E-state index in [1.54, 1.807) is 6.92 Å². The maximum absolute atomic E-state index is 12.1. The van der Waals surface area contributed by atoms with Crippen molar-refractivity contribution in [2.75, 3.05) is 26.4 Å². The lowest BCUT2D eigenvalue weighted by atomic mass is 10.1. The van der Waals surface area contributed by atoms with E-state index in [0.29, 0.717) is 6.42 Å². The van der Waals surface area contributed by atoms with Gasteiger partial charge in [0, 0.05) is 19.4 Å². The molecule has 2 unspecified atom stereocenters. The minimum absolute atomic E-state index is 0.0459. The van der Waals surface area contributed by atoms with Crippen molar-refractivity contribution in [2.45, 2.75) is 77.7 Å². The van der Waals surface area contributed by atoms with E-state index >= 15 is 0 Å². The fourth-order valence-corrected chi connectivity index (χ4v) is 3.33. The van der Waals surface area contributed by atoms with Crippen molar-refractivity contribution in [1.82, 2.24) is 0 Å². The summed E-state index contributed by atoms with van der Waals surface area (Å²) in [6, 6.07) is 0. The van der Waals surface area contributed by atoms with Gasteiger partial charge < -0.3 is 20.1 Å².